The van der Waals surface area contributed by atoms with Gasteiger partial charge in [0.2, 0.25) is 5.91 Å². The number of aromatic nitrogens is 3. The zero-order valence-corrected chi connectivity index (χ0v) is 14.8. The summed E-state index contributed by atoms with van der Waals surface area (Å²) in [5.74, 6) is 1.22. The smallest absolute Gasteiger partial charge is 0.223 e. The largest absolute Gasteiger partial charge is 0.353 e. The summed E-state index contributed by atoms with van der Waals surface area (Å²) in [7, 11) is 0. The van der Waals surface area contributed by atoms with Crippen LogP contribution >= 0.6 is 0 Å². The predicted octanol–water partition coefficient (Wildman–Crippen LogP) is 0.915. The van der Waals surface area contributed by atoms with Gasteiger partial charge in [-0.2, -0.15) is 5.10 Å². The Labute approximate surface area is 148 Å². The van der Waals surface area contributed by atoms with Crippen molar-refractivity contribution in [1.29, 1.82) is 0 Å². The fraction of sp³-hybridized carbons (Fsp3) is 0.500. The normalized spacial score (nSPS) is 14.8. The first-order valence-corrected chi connectivity index (χ1v) is 8.86. The van der Waals surface area contributed by atoms with Crippen molar-refractivity contribution in [2.45, 2.75) is 19.9 Å². The molecule has 1 aliphatic rings. The van der Waals surface area contributed by atoms with Crippen LogP contribution in [-0.4, -0.2) is 64.8 Å². The molecule has 25 heavy (non-hydrogen) atoms. The maximum absolute atomic E-state index is 12.3. The second-order valence-electron chi connectivity index (χ2n) is 6.34. The highest BCUT2D eigenvalue weighted by atomic mass is 16.2. The minimum atomic E-state index is 0.225. The first-order valence-electron chi connectivity index (χ1n) is 8.86. The van der Waals surface area contributed by atoms with Gasteiger partial charge >= 0.3 is 0 Å². The summed E-state index contributed by atoms with van der Waals surface area (Å²) in [4.78, 5) is 20.9. The molecule has 2 aromatic rings. The summed E-state index contributed by atoms with van der Waals surface area (Å²) in [6, 6.07) is 5.93. The Balaban J connectivity index is 1.31. The van der Waals surface area contributed by atoms with Crippen LogP contribution in [0.5, 0.6) is 0 Å². The molecular formula is C18H26N6O. The number of pyridine rings is 1. The van der Waals surface area contributed by atoms with E-state index in [4.69, 9.17) is 0 Å². The van der Waals surface area contributed by atoms with Crippen LogP contribution in [0.15, 0.2) is 36.8 Å². The summed E-state index contributed by atoms with van der Waals surface area (Å²) in [5.41, 5.74) is 1.17. The molecule has 0 aromatic carbocycles. The van der Waals surface area contributed by atoms with Crippen LogP contribution in [0.3, 0.4) is 0 Å². The number of carbonyl (C=O) groups is 1. The maximum atomic E-state index is 12.3. The summed E-state index contributed by atoms with van der Waals surface area (Å²) in [6.07, 6.45) is 6.23. The molecule has 0 unspecified atom stereocenters. The fourth-order valence-corrected chi connectivity index (χ4v) is 2.99. The van der Waals surface area contributed by atoms with Gasteiger partial charge in [0, 0.05) is 58.1 Å². The van der Waals surface area contributed by atoms with Gasteiger partial charge in [0.05, 0.1) is 12.7 Å². The van der Waals surface area contributed by atoms with Crippen molar-refractivity contribution < 1.29 is 4.79 Å². The standard InChI is InChI=1S/C18H26N6O/c1-16-14-21-24(15-16)9-8-19-7-5-18(25)23-12-10-22(11-13-23)17-4-2-3-6-20-17/h2-4,6,14-15,19H,5,7-13H2,1H3. The van der Waals surface area contributed by atoms with Gasteiger partial charge in [-0.15, -0.1) is 0 Å². The third-order valence-electron chi connectivity index (χ3n) is 4.40. The number of hydrogen-bond donors (Lipinski definition) is 1. The van der Waals surface area contributed by atoms with E-state index in [2.05, 4.69) is 20.3 Å². The molecule has 134 valence electrons. The highest BCUT2D eigenvalue weighted by molar-refractivity contribution is 5.76. The monoisotopic (exact) mass is 342 g/mol. The highest BCUT2D eigenvalue weighted by Crippen LogP contribution is 2.12. The number of amides is 1. The van der Waals surface area contributed by atoms with Crippen molar-refractivity contribution in [3.05, 3.63) is 42.4 Å². The van der Waals surface area contributed by atoms with E-state index in [1.807, 2.05) is 53.3 Å². The van der Waals surface area contributed by atoms with Gasteiger partial charge in [-0.1, -0.05) is 6.07 Å². The molecular weight excluding hydrogens is 316 g/mol. The van der Waals surface area contributed by atoms with Crippen molar-refractivity contribution in [3.8, 4) is 0 Å². The molecule has 3 heterocycles. The Hall–Kier alpha value is -2.41. The molecule has 0 radical (unpaired) electrons. The number of nitrogens with one attached hydrogen (secondary N) is 1. The summed E-state index contributed by atoms with van der Waals surface area (Å²) in [5, 5.41) is 7.56. The topological polar surface area (TPSA) is 66.3 Å². The molecule has 0 atom stereocenters. The number of carbonyl (C=O) groups excluding carboxylic acids is 1. The Morgan fingerprint density at radius 3 is 2.72 bits per heavy atom. The molecule has 1 amide bonds. The van der Waals surface area contributed by atoms with E-state index in [1.54, 1.807) is 0 Å². The van der Waals surface area contributed by atoms with E-state index >= 15 is 0 Å². The number of hydrogen-bond acceptors (Lipinski definition) is 5. The molecule has 1 fully saturated rings. The quantitative estimate of drug-likeness (QED) is 0.758. The minimum absolute atomic E-state index is 0.225. The van der Waals surface area contributed by atoms with Gasteiger partial charge in [0.25, 0.3) is 0 Å². The van der Waals surface area contributed by atoms with Crippen molar-refractivity contribution in [2.24, 2.45) is 0 Å². The number of rotatable bonds is 7. The molecule has 0 saturated carbocycles. The number of aryl methyl sites for hydroxylation is 1. The number of nitrogens with zero attached hydrogens (tertiary/aromatic N) is 5. The lowest BCUT2D eigenvalue weighted by Crippen LogP contribution is -2.49. The molecule has 1 N–H and O–H groups in total. The maximum Gasteiger partial charge on any atom is 0.223 e. The fourth-order valence-electron chi connectivity index (χ4n) is 2.99. The first-order chi connectivity index (χ1) is 12.2. The molecule has 0 spiro atoms. The van der Waals surface area contributed by atoms with Crippen LogP contribution in [0.2, 0.25) is 0 Å². The van der Waals surface area contributed by atoms with E-state index in [0.717, 1.165) is 45.1 Å². The van der Waals surface area contributed by atoms with E-state index in [1.165, 1.54) is 5.56 Å². The summed E-state index contributed by atoms with van der Waals surface area (Å²) < 4.78 is 1.92. The molecule has 3 rings (SSSR count). The van der Waals surface area contributed by atoms with Gasteiger partial charge in [0.1, 0.15) is 5.82 Å². The first kappa shape index (κ1) is 17.4. The zero-order valence-electron chi connectivity index (χ0n) is 14.8. The Kier molecular flexibility index (Phi) is 6.00. The Morgan fingerprint density at radius 2 is 2.04 bits per heavy atom. The lowest BCUT2D eigenvalue weighted by atomic mass is 10.2. The van der Waals surface area contributed by atoms with Crippen LogP contribution in [-0.2, 0) is 11.3 Å². The average Bonchev–Trinajstić information content (AvgIpc) is 3.07. The Bertz CT molecular complexity index is 663. The molecule has 2 aromatic heterocycles. The molecule has 7 heteroatoms. The molecule has 7 nitrogen and oxygen atoms in total. The van der Waals surface area contributed by atoms with E-state index in [0.29, 0.717) is 13.0 Å². The van der Waals surface area contributed by atoms with Crippen LogP contribution in [0, 0.1) is 6.92 Å². The number of anilines is 1. The second kappa shape index (κ2) is 8.62. The van der Waals surface area contributed by atoms with Crippen molar-refractivity contribution in [3.63, 3.8) is 0 Å². The van der Waals surface area contributed by atoms with E-state index in [-0.39, 0.29) is 5.91 Å². The van der Waals surface area contributed by atoms with E-state index in [9.17, 15) is 4.79 Å². The van der Waals surface area contributed by atoms with Gasteiger partial charge in [-0.05, 0) is 24.6 Å². The third kappa shape index (κ3) is 5.03. The van der Waals surface area contributed by atoms with Gasteiger partial charge < -0.3 is 15.1 Å². The lowest BCUT2D eigenvalue weighted by Gasteiger charge is -2.35. The SMILES string of the molecule is Cc1cnn(CCNCCC(=O)N2CCN(c3ccccn3)CC2)c1. The lowest BCUT2D eigenvalue weighted by molar-refractivity contribution is -0.131. The highest BCUT2D eigenvalue weighted by Gasteiger charge is 2.21. The molecule has 1 saturated heterocycles. The van der Waals surface area contributed by atoms with Crippen molar-refractivity contribution in [1.82, 2.24) is 25.0 Å². The van der Waals surface area contributed by atoms with Gasteiger partial charge in [-0.3, -0.25) is 9.48 Å². The van der Waals surface area contributed by atoms with Crippen molar-refractivity contribution >= 4 is 11.7 Å². The zero-order chi connectivity index (χ0) is 17.5. The van der Waals surface area contributed by atoms with Crippen LogP contribution in [0.1, 0.15) is 12.0 Å². The average molecular weight is 342 g/mol. The third-order valence-corrected chi connectivity index (χ3v) is 4.40. The van der Waals surface area contributed by atoms with Gasteiger partial charge in [0.15, 0.2) is 0 Å². The second-order valence-corrected chi connectivity index (χ2v) is 6.34. The van der Waals surface area contributed by atoms with Crippen LogP contribution in [0.4, 0.5) is 5.82 Å². The van der Waals surface area contributed by atoms with E-state index < -0.39 is 0 Å². The van der Waals surface area contributed by atoms with Crippen LogP contribution in [0.25, 0.3) is 0 Å². The molecule has 0 aliphatic carbocycles. The Morgan fingerprint density at radius 1 is 1.20 bits per heavy atom. The molecule has 0 bridgehead atoms. The summed E-state index contributed by atoms with van der Waals surface area (Å²) >= 11 is 0. The predicted molar refractivity (Wildman–Crippen MR) is 97.5 cm³/mol. The van der Waals surface area contributed by atoms with Crippen molar-refractivity contribution in [2.75, 3.05) is 44.2 Å². The van der Waals surface area contributed by atoms with Crippen LogP contribution < -0.4 is 10.2 Å². The number of piperazine rings is 1. The minimum Gasteiger partial charge on any atom is -0.353 e. The summed E-state index contributed by atoms with van der Waals surface area (Å²) in [6.45, 7) is 7.60. The van der Waals surface area contributed by atoms with Gasteiger partial charge in [-0.25, -0.2) is 4.98 Å². The molecule has 1 aliphatic heterocycles.